The van der Waals surface area contributed by atoms with E-state index in [0.717, 1.165) is 12.1 Å². The lowest BCUT2D eigenvalue weighted by Gasteiger charge is -2.23. The zero-order chi connectivity index (χ0) is 16.4. The first-order chi connectivity index (χ1) is 9.46. The molecule has 0 bridgehead atoms. The van der Waals surface area contributed by atoms with E-state index in [0.29, 0.717) is 0 Å². The molecule has 1 atom stereocenters. The van der Waals surface area contributed by atoms with Crippen molar-refractivity contribution in [1.82, 2.24) is 0 Å². The maximum atomic E-state index is 12.8. The smallest absolute Gasteiger partial charge is 0.396 e. The van der Waals surface area contributed by atoms with Gasteiger partial charge in [-0.25, -0.2) is 0 Å². The summed E-state index contributed by atoms with van der Waals surface area (Å²) in [5.74, 6) is -0.764. The van der Waals surface area contributed by atoms with Gasteiger partial charge in [0.15, 0.2) is 0 Å². The summed E-state index contributed by atoms with van der Waals surface area (Å²) in [7, 11) is 0. The summed E-state index contributed by atoms with van der Waals surface area (Å²) in [5.41, 5.74) is -2.70. The van der Waals surface area contributed by atoms with Crippen LogP contribution < -0.4 is 0 Å². The second-order valence-electron chi connectivity index (χ2n) is 5.20. The molecule has 0 aromatic heterocycles. The van der Waals surface area contributed by atoms with E-state index >= 15 is 0 Å². The van der Waals surface area contributed by atoms with E-state index < -0.39 is 29.4 Å². The van der Waals surface area contributed by atoms with Crippen molar-refractivity contribution in [3.8, 4) is 0 Å². The van der Waals surface area contributed by atoms with E-state index in [1.54, 1.807) is 13.8 Å². The van der Waals surface area contributed by atoms with E-state index in [2.05, 4.69) is 0 Å². The third-order valence-corrected chi connectivity index (χ3v) is 3.28. The Bertz CT molecular complexity index is 443. The summed E-state index contributed by atoms with van der Waals surface area (Å²) in [4.78, 5) is 0. The fourth-order valence-corrected chi connectivity index (χ4v) is 2.22. The van der Waals surface area contributed by atoms with Gasteiger partial charge in [-0.15, -0.1) is 0 Å². The largest absolute Gasteiger partial charge is 0.416 e. The summed E-state index contributed by atoms with van der Waals surface area (Å²) < 4.78 is 76.6. The van der Waals surface area contributed by atoms with Crippen LogP contribution in [-0.2, 0) is 12.4 Å². The molecule has 0 aliphatic carbocycles. The van der Waals surface area contributed by atoms with Crippen LogP contribution in [0.5, 0.6) is 0 Å². The number of aliphatic hydroxyl groups excluding tert-OH is 1. The SMILES string of the molecule is CC(C)C(CCO)c1cc(C(F)(F)F)cc(C(F)(F)F)c1. The molecule has 0 saturated carbocycles. The van der Waals surface area contributed by atoms with E-state index in [1.807, 2.05) is 0 Å². The van der Waals surface area contributed by atoms with Gasteiger partial charge in [-0.1, -0.05) is 13.8 Å². The van der Waals surface area contributed by atoms with Crippen molar-refractivity contribution in [2.45, 2.75) is 38.5 Å². The Balaban J connectivity index is 3.43. The molecule has 21 heavy (non-hydrogen) atoms. The van der Waals surface area contributed by atoms with Gasteiger partial charge in [-0.3, -0.25) is 0 Å². The summed E-state index contributed by atoms with van der Waals surface area (Å²) in [6.07, 6.45) is -9.59. The molecule has 0 saturated heterocycles. The average molecular weight is 314 g/mol. The second kappa shape index (κ2) is 6.25. The molecule has 1 N–H and O–H groups in total. The van der Waals surface area contributed by atoms with Crippen LogP contribution in [0.4, 0.5) is 26.3 Å². The van der Waals surface area contributed by atoms with Crippen LogP contribution in [0.1, 0.15) is 42.9 Å². The zero-order valence-corrected chi connectivity index (χ0v) is 11.5. The fraction of sp³-hybridized carbons (Fsp3) is 0.571. The highest BCUT2D eigenvalue weighted by Crippen LogP contribution is 2.39. The summed E-state index contributed by atoms with van der Waals surface area (Å²) >= 11 is 0. The Morgan fingerprint density at radius 1 is 0.905 bits per heavy atom. The minimum absolute atomic E-state index is 0.0544. The number of hydrogen-bond donors (Lipinski definition) is 1. The van der Waals surface area contributed by atoms with Gasteiger partial charge >= 0.3 is 12.4 Å². The van der Waals surface area contributed by atoms with Crippen LogP contribution in [0, 0.1) is 5.92 Å². The van der Waals surface area contributed by atoms with Crippen molar-refractivity contribution in [1.29, 1.82) is 0 Å². The number of benzene rings is 1. The lowest BCUT2D eigenvalue weighted by Crippen LogP contribution is -2.15. The Morgan fingerprint density at radius 3 is 1.62 bits per heavy atom. The van der Waals surface area contributed by atoms with Crippen molar-refractivity contribution in [2.75, 3.05) is 6.61 Å². The zero-order valence-electron chi connectivity index (χ0n) is 11.5. The van der Waals surface area contributed by atoms with Crippen LogP contribution in [-0.4, -0.2) is 11.7 Å². The monoisotopic (exact) mass is 314 g/mol. The third-order valence-electron chi connectivity index (χ3n) is 3.28. The van der Waals surface area contributed by atoms with Crippen LogP contribution in [0.2, 0.25) is 0 Å². The van der Waals surface area contributed by atoms with E-state index in [9.17, 15) is 26.3 Å². The van der Waals surface area contributed by atoms with Crippen molar-refractivity contribution in [2.24, 2.45) is 5.92 Å². The molecule has 0 aliphatic rings. The minimum atomic E-state index is -4.85. The summed E-state index contributed by atoms with van der Waals surface area (Å²) in [6.45, 7) is 3.07. The molecular formula is C14H16F6O. The van der Waals surface area contributed by atoms with Crippen molar-refractivity contribution >= 4 is 0 Å². The maximum Gasteiger partial charge on any atom is 0.416 e. The van der Waals surface area contributed by atoms with Gasteiger partial charge in [0.2, 0.25) is 0 Å². The van der Waals surface area contributed by atoms with Crippen LogP contribution in [0.3, 0.4) is 0 Å². The molecule has 0 heterocycles. The molecule has 0 spiro atoms. The van der Waals surface area contributed by atoms with Crippen molar-refractivity contribution in [3.63, 3.8) is 0 Å². The third kappa shape index (κ3) is 4.62. The first-order valence-corrected chi connectivity index (χ1v) is 6.37. The van der Waals surface area contributed by atoms with E-state index in [1.165, 1.54) is 0 Å². The van der Waals surface area contributed by atoms with Crippen LogP contribution in [0.25, 0.3) is 0 Å². The predicted molar refractivity (Wildman–Crippen MR) is 65.7 cm³/mol. The molecule has 0 amide bonds. The van der Waals surface area contributed by atoms with Gasteiger partial charge in [-0.2, -0.15) is 26.3 Å². The van der Waals surface area contributed by atoms with Crippen molar-refractivity contribution < 1.29 is 31.4 Å². The highest BCUT2D eigenvalue weighted by atomic mass is 19.4. The normalized spacial score (nSPS) is 14.6. The number of hydrogen-bond acceptors (Lipinski definition) is 1. The van der Waals surface area contributed by atoms with Gasteiger partial charge in [0.05, 0.1) is 11.1 Å². The van der Waals surface area contributed by atoms with Gasteiger partial charge in [0, 0.05) is 6.61 Å². The standard InChI is InChI=1S/C14H16F6O/c1-8(2)12(3-4-21)9-5-10(13(15,16)17)7-11(6-9)14(18,19)20/h5-8,12,21H,3-4H2,1-2H3. The molecule has 7 heteroatoms. The molecule has 1 aromatic carbocycles. The summed E-state index contributed by atoms with van der Waals surface area (Å²) in [6, 6.07) is 1.57. The molecule has 1 aromatic rings. The Kier molecular flexibility index (Phi) is 5.30. The predicted octanol–water partition coefficient (Wildman–Crippen LogP) is 4.85. The number of alkyl halides is 6. The van der Waals surface area contributed by atoms with Gasteiger partial charge < -0.3 is 5.11 Å². The Morgan fingerprint density at radius 2 is 1.33 bits per heavy atom. The first-order valence-electron chi connectivity index (χ1n) is 6.37. The number of halogens is 6. The molecule has 0 aliphatic heterocycles. The minimum Gasteiger partial charge on any atom is -0.396 e. The summed E-state index contributed by atoms with van der Waals surface area (Å²) in [5, 5.41) is 8.96. The molecule has 1 rings (SSSR count). The second-order valence-corrected chi connectivity index (χ2v) is 5.20. The van der Waals surface area contributed by atoms with E-state index in [-0.39, 0.29) is 30.6 Å². The molecular weight excluding hydrogens is 298 g/mol. The van der Waals surface area contributed by atoms with Gasteiger partial charge in [0.1, 0.15) is 0 Å². The number of aliphatic hydroxyl groups is 1. The highest BCUT2D eigenvalue weighted by molar-refractivity contribution is 5.35. The lowest BCUT2D eigenvalue weighted by atomic mass is 9.84. The topological polar surface area (TPSA) is 20.2 Å². The van der Waals surface area contributed by atoms with Gasteiger partial charge in [0.25, 0.3) is 0 Å². The van der Waals surface area contributed by atoms with Gasteiger partial charge in [-0.05, 0) is 42.0 Å². The fourth-order valence-electron chi connectivity index (χ4n) is 2.22. The van der Waals surface area contributed by atoms with Crippen LogP contribution >= 0.6 is 0 Å². The molecule has 1 nitrogen and oxygen atoms in total. The lowest BCUT2D eigenvalue weighted by molar-refractivity contribution is -0.143. The first kappa shape index (κ1) is 17.8. The molecule has 1 unspecified atom stereocenters. The van der Waals surface area contributed by atoms with Crippen LogP contribution in [0.15, 0.2) is 18.2 Å². The quantitative estimate of drug-likeness (QED) is 0.788. The molecule has 0 fully saturated rings. The maximum absolute atomic E-state index is 12.8. The number of rotatable bonds is 4. The molecule has 120 valence electrons. The average Bonchev–Trinajstić information content (AvgIpc) is 2.32. The highest BCUT2D eigenvalue weighted by Gasteiger charge is 2.37. The Labute approximate surface area is 118 Å². The van der Waals surface area contributed by atoms with E-state index in [4.69, 9.17) is 5.11 Å². The molecule has 0 radical (unpaired) electrons. The Hall–Kier alpha value is -1.24. The van der Waals surface area contributed by atoms with Crippen molar-refractivity contribution in [3.05, 3.63) is 34.9 Å².